The molecule has 5 heteroatoms. The van der Waals surface area contributed by atoms with Gasteiger partial charge in [-0.3, -0.25) is 0 Å². The smallest absolute Gasteiger partial charge is 0.149 e. The first kappa shape index (κ1) is 15.7. The van der Waals surface area contributed by atoms with E-state index in [0.29, 0.717) is 22.1 Å². The summed E-state index contributed by atoms with van der Waals surface area (Å²) in [6.45, 7) is 6.85. The van der Waals surface area contributed by atoms with Crippen molar-refractivity contribution in [2.45, 2.75) is 32.7 Å². The second-order valence-electron chi connectivity index (χ2n) is 5.46. The lowest BCUT2D eigenvalue weighted by Gasteiger charge is -2.30. The minimum Gasteiger partial charge on any atom is -0.368 e. The molecule has 0 amide bonds. The van der Waals surface area contributed by atoms with Gasteiger partial charge in [0, 0.05) is 25.2 Å². The lowest BCUT2D eigenvalue weighted by molar-refractivity contribution is 0.383. The molecule has 1 saturated heterocycles. The van der Waals surface area contributed by atoms with Gasteiger partial charge in [-0.2, -0.15) is 0 Å². The molecule has 20 heavy (non-hydrogen) atoms. The molecule has 1 aliphatic heterocycles. The molecule has 0 radical (unpaired) electrons. The van der Waals surface area contributed by atoms with Gasteiger partial charge in [0.05, 0.1) is 10.2 Å². The van der Waals surface area contributed by atoms with Crippen LogP contribution in [0.3, 0.4) is 0 Å². The highest BCUT2D eigenvalue weighted by Gasteiger charge is 2.24. The number of anilines is 1. The summed E-state index contributed by atoms with van der Waals surface area (Å²) in [6, 6.07) is 2.84. The maximum atomic E-state index is 14.0. The predicted molar refractivity (Wildman–Crippen MR) is 82.1 cm³/mol. The van der Waals surface area contributed by atoms with E-state index < -0.39 is 11.6 Å². The van der Waals surface area contributed by atoms with E-state index in [0.717, 1.165) is 38.5 Å². The van der Waals surface area contributed by atoms with Crippen molar-refractivity contribution in [1.82, 2.24) is 5.32 Å². The van der Waals surface area contributed by atoms with E-state index in [9.17, 15) is 8.78 Å². The Hall–Kier alpha value is -0.680. The molecule has 1 N–H and O–H groups in total. The van der Waals surface area contributed by atoms with Crippen molar-refractivity contribution >= 4 is 21.6 Å². The summed E-state index contributed by atoms with van der Waals surface area (Å²) in [6.07, 6.45) is 2.04. The van der Waals surface area contributed by atoms with Crippen LogP contribution in [-0.2, 0) is 0 Å². The monoisotopic (exact) mass is 346 g/mol. The Morgan fingerprint density at radius 3 is 2.85 bits per heavy atom. The molecule has 0 saturated carbocycles. The largest absolute Gasteiger partial charge is 0.368 e. The molecule has 0 aromatic heterocycles. The van der Waals surface area contributed by atoms with E-state index in [1.807, 2.05) is 4.90 Å². The Labute approximate surface area is 127 Å². The van der Waals surface area contributed by atoms with E-state index >= 15 is 0 Å². The van der Waals surface area contributed by atoms with Gasteiger partial charge < -0.3 is 10.2 Å². The molecule has 2 unspecified atom stereocenters. The number of hydrogen-bond donors (Lipinski definition) is 1. The predicted octanol–water partition coefficient (Wildman–Crippen LogP) is 3.94. The molecule has 1 aliphatic rings. The Morgan fingerprint density at radius 2 is 2.15 bits per heavy atom. The Morgan fingerprint density at radius 1 is 1.40 bits per heavy atom. The van der Waals surface area contributed by atoms with E-state index in [1.165, 1.54) is 0 Å². The SMILES string of the molecule is CCC(C)C1CN(c2cc(Br)c(F)cc2F)CCCN1. The summed E-state index contributed by atoms with van der Waals surface area (Å²) in [5.74, 6) is -0.518. The second kappa shape index (κ2) is 6.85. The molecule has 1 aromatic carbocycles. The number of nitrogens with one attached hydrogen (secondary N) is 1. The van der Waals surface area contributed by atoms with Crippen LogP contribution in [-0.4, -0.2) is 25.7 Å². The summed E-state index contributed by atoms with van der Waals surface area (Å²) in [5.41, 5.74) is 0.482. The maximum absolute atomic E-state index is 14.0. The lowest BCUT2D eigenvalue weighted by Crippen LogP contribution is -2.42. The average molecular weight is 347 g/mol. The summed E-state index contributed by atoms with van der Waals surface area (Å²) in [4.78, 5) is 2.02. The summed E-state index contributed by atoms with van der Waals surface area (Å²) in [5, 5.41) is 3.53. The third-order valence-electron chi connectivity index (χ3n) is 4.09. The van der Waals surface area contributed by atoms with E-state index in [-0.39, 0.29) is 0 Å². The number of halogens is 3. The summed E-state index contributed by atoms with van der Waals surface area (Å²) < 4.78 is 27.7. The molecule has 1 aromatic rings. The van der Waals surface area contributed by atoms with Gasteiger partial charge in [0.25, 0.3) is 0 Å². The van der Waals surface area contributed by atoms with Crippen LogP contribution in [0, 0.1) is 17.6 Å². The summed E-state index contributed by atoms with van der Waals surface area (Å²) >= 11 is 3.14. The molecule has 2 rings (SSSR count). The number of benzene rings is 1. The van der Waals surface area contributed by atoms with Crippen LogP contribution in [0.15, 0.2) is 16.6 Å². The Bertz CT molecular complexity index is 467. The minimum absolute atomic E-state index is 0.311. The van der Waals surface area contributed by atoms with Crippen LogP contribution in [0.25, 0.3) is 0 Å². The van der Waals surface area contributed by atoms with Crippen molar-refractivity contribution in [3.63, 3.8) is 0 Å². The minimum atomic E-state index is -0.558. The fourth-order valence-electron chi connectivity index (χ4n) is 2.59. The van der Waals surface area contributed by atoms with Crippen molar-refractivity contribution in [3.05, 3.63) is 28.2 Å². The van der Waals surface area contributed by atoms with Crippen molar-refractivity contribution in [1.29, 1.82) is 0 Å². The molecule has 2 atom stereocenters. The zero-order valence-corrected chi connectivity index (χ0v) is 13.5. The molecule has 0 aliphatic carbocycles. The number of rotatable bonds is 3. The highest BCUT2D eigenvalue weighted by molar-refractivity contribution is 9.10. The fourth-order valence-corrected chi connectivity index (χ4v) is 2.92. The molecule has 0 spiro atoms. The van der Waals surface area contributed by atoms with Crippen molar-refractivity contribution in [2.75, 3.05) is 24.5 Å². The standard InChI is InChI=1S/C15H21BrF2N2/c1-3-10(2)14-9-20(6-4-5-19-14)15-7-11(16)12(17)8-13(15)18/h7-8,10,14,19H,3-6,9H2,1-2H3. The molecule has 2 nitrogen and oxygen atoms in total. The zero-order chi connectivity index (χ0) is 14.7. The number of hydrogen-bond acceptors (Lipinski definition) is 2. The maximum Gasteiger partial charge on any atom is 0.149 e. The van der Waals surface area contributed by atoms with Crippen LogP contribution in [0.4, 0.5) is 14.5 Å². The quantitative estimate of drug-likeness (QED) is 0.834. The Balaban J connectivity index is 2.24. The Kier molecular flexibility index (Phi) is 5.38. The van der Waals surface area contributed by atoms with Crippen LogP contribution in [0.1, 0.15) is 26.7 Å². The molecule has 0 bridgehead atoms. The normalized spacial score (nSPS) is 21.6. The van der Waals surface area contributed by atoms with Crippen molar-refractivity contribution < 1.29 is 8.78 Å². The second-order valence-corrected chi connectivity index (χ2v) is 6.32. The van der Waals surface area contributed by atoms with Crippen LogP contribution in [0.5, 0.6) is 0 Å². The van der Waals surface area contributed by atoms with Gasteiger partial charge in [0.1, 0.15) is 11.6 Å². The van der Waals surface area contributed by atoms with Gasteiger partial charge in [-0.25, -0.2) is 8.78 Å². The average Bonchev–Trinajstić information content (AvgIpc) is 2.68. The first-order chi connectivity index (χ1) is 9.52. The third kappa shape index (κ3) is 3.50. The van der Waals surface area contributed by atoms with E-state index in [4.69, 9.17) is 0 Å². The van der Waals surface area contributed by atoms with Crippen molar-refractivity contribution in [3.8, 4) is 0 Å². The van der Waals surface area contributed by atoms with Crippen LogP contribution in [0.2, 0.25) is 0 Å². The molecule has 112 valence electrons. The van der Waals surface area contributed by atoms with Gasteiger partial charge in [-0.05, 0) is 40.9 Å². The zero-order valence-electron chi connectivity index (χ0n) is 11.9. The van der Waals surface area contributed by atoms with Gasteiger partial charge >= 0.3 is 0 Å². The topological polar surface area (TPSA) is 15.3 Å². The molecular weight excluding hydrogens is 326 g/mol. The highest BCUT2D eigenvalue weighted by Crippen LogP contribution is 2.28. The van der Waals surface area contributed by atoms with Crippen molar-refractivity contribution in [2.24, 2.45) is 5.92 Å². The molecule has 1 heterocycles. The lowest BCUT2D eigenvalue weighted by atomic mass is 9.99. The first-order valence-electron chi connectivity index (χ1n) is 7.15. The highest BCUT2D eigenvalue weighted by atomic mass is 79.9. The molecule has 1 fully saturated rings. The first-order valence-corrected chi connectivity index (χ1v) is 7.95. The third-order valence-corrected chi connectivity index (χ3v) is 4.70. The summed E-state index contributed by atoms with van der Waals surface area (Å²) in [7, 11) is 0. The van der Waals surface area contributed by atoms with E-state index in [2.05, 4.69) is 35.1 Å². The fraction of sp³-hybridized carbons (Fsp3) is 0.600. The van der Waals surface area contributed by atoms with Gasteiger partial charge in [0.15, 0.2) is 0 Å². The van der Waals surface area contributed by atoms with Crippen LogP contribution >= 0.6 is 15.9 Å². The van der Waals surface area contributed by atoms with Gasteiger partial charge in [-0.1, -0.05) is 20.3 Å². The van der Waals surface area contributed by atoms with Gasteiger partial charge in [0.2, 0.25) is 0 Å². The number of nitrogens with zero attached hydrogens (tertiary/aromatic N) is 1. The van der Waals surface area contributed by atoms with E-state index in [1.54, 1.807) is 6.07 Å². The van der Waals surface area contributed by atoms with Crippen LogP contribution < -0.4 is 10.2 Å². The molecular formula is C15H21BrF2N2. The van der Waals surface area contributed by atoms with Gasteiger partial charge in [-0.15, -0.1) is 0 Å².